The minimum absolute atomic E-state index is 0.146. The van der Waals surface area contributed by atoms with Crippen LogP contribution in [0.3, 0.4) is 0 Å². The standard InChI is InChI=1S/C12H17N3O3S/c1-2-3-6-19(17,18)13-8-9-4-5-10-11(7-9)15-12(16)14-10/h4-5,7,13H,2-3,6,8H2,1H3,(H2,14,15,16). The van der Waals surface area contributed by atoms with Crippen molar-refractivity contribution in [2.24, 2.45) is 0 Å². The van der Waals surface area contributed by atoms with E-state index in [-0.39, 0.29) is 18.0 Å². The molecule has 2 rings (SSSR count). The van der Waals surface area contributed by atoms with Gasteiger partial charge in [0.1, 0.15) is 0 Å². The first-order chi connectivity index (χ1) is 9.00. The Balaban J connectivity index is 2.07. The smallest absolute Gasteiger partial charge is 0.306 e. The second kappa shape index (κ2) is 5.58. The molecule has 19 heavy (non-hydrogen) atoms. The molecule has 0 atom stereocenters. The van der Waals surface area contributed by atoms with Crippen LogP contribution in [0.1, 0.15) is 25.3 Å². The summed E-state index contributed by atoms with van der Waals surface area (Å²) < 4.78 is 25.9. The van der Waals surface area contributed by atoms with Crippen molar-refractivity contribution in [3.63, 3.8) is 0 Å². The summed E-state index contributed by atoms with van der Waals surface area (Å²) in [5, 5.41) is 0. The fraction of sp³-hybridized carbons (Fsp3) is 0.417. The van der Waals surface area contributed by atoms with Gasteiger partial charge in [0.2, 0.25) is 10.0 Å². The Morgan fingerprint density at radius 3 is 2.68 bits per heavy atom. The van der Waals surface area contributed by atoms with Crippen molar-refractivity contribution in [2.75, 3.05) is 5.75 Å². The zero-order valence-electron chi connectivity index (χ0n) is 10.7. The van der Waals surface area contributed by atoms with Crippen molar-refractivity contribution in [3.8, 4) is 0 Å². The summed E-state index contributed by atoms with van der Waals surface area (Å²) in [7, 11) is -3.22. The molecule has 1 aromatic heterocycles. The number of nitrogens with one attached hydrogen (secondary N) is 3. The minimum atomic E-state index is -3.22. The van der Waals surface area contributed by atoms with Crippen LogP contribution in [-0.2, 0) is 16.6 Å². The normalized spacial score (nSPS) is 12.1. The van der Waals surface area contributed by atoms with E-state index in [0.717, 1.165) is 12.0 Å². The molecule has 0 unspecified atom stereocenters. The van der Waals surface area contributed by atoms with E-state index in [1.165, 1.54) is 0 Å². The van der Waals surface area contributed by atoms with Gasteiger partial charge in [0.05, 0.1) is 16.8 Å². The maximum absolute atomic E-state index is 11.7. The lowest BCUT2D eigenvalue weighted by Crippen LogP contribution is -2.25. The monoisotopic (exact) mass is 283 g/mol. The number of hydrogen-bond acceptors (Lipinski definition) is 3. The van der Waals surface area contributed by atoms with E-state index in [0.29, 0.717) is 17.5 Å². The highest BCUT2D eigenvalue weighted by atomic mass is 32.2. The predicted molar refractivity (Wildman–Crippen MR) is 74.5 cm³/mol. The lowest BCUT2D eigenvalue weighted by atomic mass is 10.2. The minimum Gasteiger partial charge on any atom is -0.306 e. The molecule has 2 aromatic rings. The summed E-state index contributed by atoms with van der Waals surface area (Å²) in [4.78, 5) is 16.4. The average molecular weight is 283 g/mol. The van der Waals surface area contributed by atoms with Crippen LogP contribution in [0.2, 0.25) is 0 Å². The molecular formula is C12H17N3O3S. The molecule has 0 aliphatic carbocycles. The Labute approximate surface area is 111 Å². The molecule has 104 valence electrons. The van der Waals surface area contributed by atoms with Crippen molar-refractivity contribution < 1.29 is 8.42 Å². The number of H-pyrrole nitrogens is 2. The number of fused-ring (bicyclic) bond motifs is 1. The topological polar surface area (TPSA) is 94.8 Å². The Morgan fingerprint density at radius 1 is 1.21 bits per heavy atom. The van der Waals surface area contributed by atoms with Gasteiger partial charge in [-0.2, -0.15) is 0 Å². The van der Waals surface area contributed by atoms with Gasteiger partial charge in [0.25, 0.3) is 0 Å². The van der Waals surface area contributed by atoms with Gasteiger partial charge in [-0.1, -0.05) is 19.4 Å². The molecule has 1 aromatic carbocycles. The average Bonchev–Trinajstić information content (AvgIpc) is 2.73. The van der Waals surface area contributed by atoms with Crippen LogP contribution in [0.5, 0.6) is 0 Å². The highest BCUT2D eigenvalue weighted by Crippen LogP contribution is 2.10. The number of benzene rings is 1. The summed E-state index contributed by atoms with van der Waals surface area (Å²) in [5.74, 6) is 0.146. The number of rotatable bonds is 6. The highest BCUT2D eigenvalue weighted by Gasteiger charge is 2.09. The third-order valence-electron chi connectivity index (χ3n) is 2.84. The second-order valence-corrected chi connectivity index (χ2v) is 6.38. The fourth-order valence-corrected chi connectivity index (χ4v) is 2.99. The molecule has 7 heteroatoms. The summed E-state index contributed by atoms with van der Waals surface area (Å²) in [6.07, 6.45) is 1.50. The quantitative estimate of drug-likeness (QED) is 0.740. The first-order valence-electron chi connectivity index (χ1n) is 6.18. The first kappa shape index (κ1) is 13.8. The van der Waals surface area contributed by atoms with Crippen molar-refractivity contribution in [2.45, 2.75) is 26.3 Å². The Hall–Kier alpha value is -1.60. The van der Waals surface area contributed by atoms with Crippen molar-refractivity contribution in [3.05, 3.63) is 34.2 Å². The molecule has 0 saturated carbocycles. The Morgan fingerprint density at radius 2 is 1.95 bits per heavy atom. The van der Waals surface area contributed by atoms with E-state index in [1.54, 1.807) is 18.2 Å². The lowest BCUT2D eigenvalue weighted by Gasteiger charge is -2.06. The Bertz CT molecular complexity index is 715. The van der Waals surface area contributed by atoms with Crippen LogP contribution in [0.4, 0.5) is 0 Å². The van der Waals surface area contributed by atoms with Crippen LogP contribution in [-0.4, -0.2) is 24.1 Å². The first-order valence-corrected chi connectivity index (χ1v) is 7.83. The number of sulfonamides is 1. The van der Waals surface area contributed by atoms with Gasteiger partial charge in [-0.05, 0) is 24.1 Å². The molecule has 0 amide bonds. The lowest BCUT2D eigenvalue weighted by molar-refractivity contribution is 0.578. The summed E-state index contributed by atoms with van der Waals surface area (Å²) >= 11 is 0. The molecule has 6 nitrogen and oxygen atoms in total. The van der Waals surface area contributed by atoms with Crippen LogP contribution in [0.25, 0.3) is 11.0 Å². The molecule has 0 radical (unpaired) electrons. The van der Waals surface area contributed by atoms with Gasteiger partial charge >= 0.3 is 5.69 Å². The van der Waals surface area contributed by atoms with Gasteiger partial charge < -0.3 is 9.97 Å². The van der Waals surface area contributed by atoms with Crippen molar-refractivity contribution in [1.29, 1.82) is 0 Å². The molecule has 0 aliphatic heterocycles. The fourth-order valence-electron chi connectivity index (χ4n) is 1.79. The Kier molecular flexibility index (Phi) is 4.06. The number of hydrogen-bond donors (Lipinski definition) is 3. The van der Waals surface area contributed by atoms with E-state index < -0.39 is 10.0 Å². The zero-order valence-corrected chi connectivity index (χ0v) is 11.5. The van der Waals surface area contributed by atoms with Crippen LogP contribution in [0.15, 0.2) is 23.0 Å². The maximum atomic E-state index is 11.7. The van der Waals surface area contributed by atoms with E-state index in [1.807, 2.05) is 6.92 Å². The predicted octanol–water partition coefficient (Wildman–Crippen LogP) is 1.08. The summed E-state index contributed by atoms with van der Waals surface area (Å²) in [5.41, 5.74) is 1.93. The number of aromatic amines is 2. The van der Waals surface area contributed by atoms with Crippen molar-refractivity contribution in [1.82, 2.24) is 14.7 Å². The van der Waals surface area contributed by atoms with Gasteiger partial charge in [0, 0.05) is 6.54 Å². The van der Waals surface area contributed by atoms with E-state index in [4.69, 9.17) is 0 Å². The third-order valence-corrected chi connectivity index (χ3v) is 4.25. The van der Waals surface area contributed by atoms with Crippen LogP contribution >= 0.6 is 0 Å². The van der Waals surface area contributed by atoms with Gasteiger partial charge in [0.15, 0.2) is 0 Å². The second-order valence-electron chi connectivity index (χ2n) is 4.45. The van der Waals surface area contributed by atoms with Gasteiger partial charge in [-0.25, -0.2) is 17.9 Å². The van der Waals surface area contributed by atoms with Gasteiger partial charge in [-0.3, -0.25) is 0 Å². The van der Waals surface area contributed by atoms with Crippen LogP contribution in [0, 0.1) is 0 Å². The largest absolute Gasteiger partial charge is 0.323 e. The zero-order chi connectivity index (χ0) is 13.9. The third kappa shape index (κ3) is 3.68. The number of unbranched alkanes of at least 4 members (excludes halogenated alkanes) is 1. The SMILES string of the molecule is CCCCS(=O)(=O)NCc1ccc2[nH]c(=O)[nH]c2c1. The summed E-state index contributed by atoms with van der Waals surface area (Å²) in [6, 6.07) is 5.30. The highest BCUT2D eigenvalue weighted by molar-refractivity contribution is 7.89. The molecule has 0 saturated heterocycles. The molecule has 0 spiro atoms. The van der Waals surface area contributed by atoms with Crippen molar-refractivity contribution >= 4 is 21.1 Å². The maximum Gasteiger partial charge on any atom is 0.323 e. The van der Waals surface area contributed by atoms with Gasteiger partial charge in [-0.15, -0.1) is 0 Å². The van der Waals surface area contributed by atoms with E-state index in [9.17, 15) is 13.2 Å². The molecular weight excluding hydrogens is 266 g/mol. The van der Waals surface area contributed by atoms with E-state index in [2.05, 4.69) is 14.7 Å². The molecule has 1 heterocycles. The van der Waals surface area contributed by atoms with Crippen LogP contribution < -0.4 is 10.4 Å². The molecule has 0 fully saturated rings. The molecule has 3 N–H and O–H groups in total. The summed E-state index contributed by atoms with van der Waals surface area (Å²) in [6.45, 7) is 2.18. The molecule has 0 aliphatic rings. The van der Waals surface area contributed by atoms with E-state index >= 15 is 0 Å². The molecule has 0 bridgehead atoms. The number of imidazole rings is 1. The number of aromatic nitrogens is 2.